The molecule has 1 aromatic heterocycles. The molecule has 1 aromatic carbocycles. The number of carbonyl (C=O) groups is 1. The first-order chi connectivity index (χ1) is 8.47. The van der Waals surface area contributed by atoms with E-state index in [4.69, 9.17) is 23.2 Å². The Hall–Kier alpha value is -1.39. The summed E-state index contributed by atoms with van der Waals surface area (Å²) < 4.78 is 1.55. The summed E-state index contributed by atoms with van der Waals surface area (Å²) in [5.41, 5.74) is 0.400. The second-order valence-electron chi connectivity index (χ2n) is 3.91. The Morgan fingerprint density at radius 1 is 1.33 bits per heavy atom. The molecule has 1 heterocycles. The van der Waals surface area contributed by atoms with Crippen LogP contribution in [-0.4, -0.2) is 20.5 Å². The van der Waals surface area contributed by atoms with Gasteiger partial charge in [0.2, 0.25) is 0 Å². The van der Waals surface area contributed by atoms with Crippen molar-refractivity contribution < 1.29 is 4.79 Å². The standard InChI is InChI=1S/C12H11Cl2N3O/c1-7-15-8(2)17(16-7)6-12(18)10-5-9(13)3-4-11(10)14/h3-5H,6H2,1-2H3. The maximum Gasteiger partial charge on any atom is 0.185 e. The number of hydrogen-bond donors (Lipinski definition) is 0. The minimum absolute atomic E-state index is 0.104. The summed E-state index contributed by atoms with van der Waals surface area (Å²) >= 11 is 11.8. The van der Waals surface area contributed by atoms with E-state index in [-0.39, 0.29) is 12.3 Å². The molecule has 0 aliphatic heterocycles. The zero-order valence-corrected chi connectivity index (χ0v) is 11.5. The molecular formula is C12H11Cl2N3O. The van der Waals surface area contributed by atoms with Gasteiger partial charge >= 0.3 is 0 Å². The number of ketones is 1. The predicted octanol–water partition coefficient (Wildman–Crippen LogP) is 3.08. The van der Waals surface area contributed by atoms with Crippen molar-refractivity contribution in [1.82, 2.24) is 14.8 Å². The second-order valence-corrected chi connectivity index (χ2v) is 4.75. The zero-order valence-electron chi connectivity index (χ0n) is 9.94. The zero-order chi connectivity index (χ0) is 13.3. The van der Waals surface area contributed by atoms with Crippen molar-refractivity contribution in [3.05, 3.63) is 45.5 Å². The second kappa shape index (κ2) is 5.08. The van der Waals surface area contributed by atoms with E-state index in [1.165, 1.54) is 0 Å². The van der Waals surface area contributed by atoms with E-state index in [2.05, 4.69) is 10.1 Å². The fourth-order valence-electron chi connectivity index (χ4n) is 1.64. The molecule has 0 fully saturated rings. The van der Waals surface area contributed by atoms with Crippen LogP contribution < -0.4 is 0 Å². The van der Waals surface area contributed by atoms with Crippen LogP contribution in [0.3, 0.4) is 0 Å². The molecule has 4 nitrogen and oxygen atoms in total. The fraction of sp³-hybridized carbons (Fsp3) is 0.250. The normalized spacial score (nSPS) is 10.7. The first kappa shape index (κ1) is 13.1. The van der Waals surface area contributed by atoms with Crippen LogP contribution in [0.5, 0.6) is 0 Å². The Kier molecular flexibility index (Phi) is 3.68. The highest BCUT2D eigenvalue weighted by Gasteiger charge is 2.14. The number of aromatic nitrogens is 3. The first-order valence-electron chi connectivity index (χ1n) is 5.33. The Labute approximate surface area is 115 Å². The lowest BCUT2D eigenvalue weighted by molar-refractivity contribution is 0.0966. The molecule has 0 unspecified atom stereocenters. The van der Waals surface area contributed by atoms with Gasteiger partial charge in [-0.3, -0.25) is 4.79 Å². The van der Waals surface area contributed by atoms with Gasteiger partial charge in [0.1, 0.15) is 18.2 Å². The van der Waals surface area contributed by atoms with Gasteiger partial charge in [0.05, 0.1) is 5.02 Å². The van der Waals surface area contributed by atoms with Crippen LogP contribution in [-0.2, 0) is 6.54 Å². The van der Waals surface area contributed by atoms with E-state index in [1.807, 2.05) is 0 Å². The third-order valence-corrected chi connectivity index (χ3v) is 3.05. The molecule has 0 spiro atoms. The molecule has 0 N–H and O–H groups in total. The highest BCUT2D eigenvalue weighted by molar-refractivity contribution is 6.35. The molecule has 0 aliphatic rings. The number of aryl methyl sites for hydroxylation is 2. The lowest BCUT2D eigenvalue weighted by atomic mass is 10.1. The van der Waals surface area contributed by atoms with Gasteiger partial charge in [-0.2, -0.15) is 5.10 Å². The van der Waals surface area contributed by atoms with Gasteiger partial charge in [-0.05, 0) is 32.0 Å². The van der Waals surface area contributed by atoms with E-state index in [9.17, 15) is 4.79 Å². The third kappa shape index (κ3) is 2.71. The number of hydrogen-bond acceptors (Lipinski definition) is 3. The van der Waals surface area contributed by atoms with E-state index in [0.717, 1.165) is 0 Å². The maximum absolute atomic E-state index is 12.1. The lowest BCUT2D eigenvalue weighted by Gasteiger charge is -2.05. The average Bonchev–Trinajstić information content (AvgIpc) is 2.61. The molecule has 0 saturated heterocycles. The lowest BCUT2D eigenvalue weighted by Crippen LogP contribution is -2.13. The van der Waals surface area contributed by atoms with Crippen molar-refractivity contribution in [2.75, 3.05) is 0 Å². The Morgan fingerprint density at radius 3 is 2.67 bits per heavy atom. The molecular weight excluding hydrogens is 273 g/mol. The van der Waals surface area contributed by atoms with Gasteiger partial charge in [-0.25, -0.2) is 9.67 Å². The third-order valence-electron chi connectivity index (χ3n) is 2.48. The van der Waals surface area contributed by atoms with Crippen molar-refractivity contribution >= 4 is 29.0 Å². The molecule has 6 heteroatoms. The molecule has 0 bridgehead atoms. The number of nitrogens with zero attached hydrogens (tertiary/aromatic N) is 3. The van der Waals surface area contributed by atoms with Crippen molar-refractivity contribution in [1.29, 1.82) is 0 Å². The molecule has 2 aromatic rings. The van der Waals surface area contributed by atoms with Gasteiger partial charge < -0.3 is 0 Å². The molecule has 18 heavy (non-hydrogen) atoms. The molecule has 0 aliphatic carbocycles. The fourth-order valence-corrected chi connectivity index (χ4v) is 2.04. The Morgan fingerprint density at radius 2 is 2.06 bits per heavy atom. The number of carbonyl (C=O) groups excluding carboxylic acids is 1. The van der Waals surface area contributed by atoms with Gasteiger partial charge in [-0.15, -0.1) is 0 Å². The quantitative estimate of drug-likeness (QED) is 0.814. The van der Waals surface area contributed by atoms with Crippen LogP contribution in [0.2, 0.25) is 10.0 Å². The molecule has 0 radical (unpaired) electrons. The van der Waals surface area contributed by atoms with Crippen LogP contribution in [0.15, 0.2) is 18.2 Å². The number of benzene rings is 1. The maximum atomic E-state index is 12.1. The van der Waals surface area contributed by atoms with Crippen molar-refractivity contribution in [2.24, 2.45) is 0 Å². The Balaban J connectivity index is 2.27. The molecule has 94 valence electrons. The van der Waals surface area contributed by atoms with Crippen LogP contribution in [0, 0.1) is 13.8 Å². The van der Waals surface area contributed by atoms with Crippen LogP contribution in [0.4, 0.5) is 0 Å². The summed E-state index contributed by atoms with van der Waals surface area (Å²) in [7, 11) is 0. The number of Topliss-reactive ketones (excluding diaryl/α,β-unsaturated/α-hetero) is 1. The Bertz CT molecular complexity index is 607. The molecule has 0 saturated carbocycles. The van der Waals surface area contributed by atoms with Crippen LogP contribution in [0.25, 0.3) is 0 Å². The molecule has 0 amide bonds. The van der Waals surface area contributed by atoms with Crippen molar-refractivity contribution in [3.8, 4) is 0 Å². The number of halogens is 2. The van der Waals surface area contributed by atoms with Crippen LogP contribution >= 0.6 is 23.2 Å². The number of rotatable bonds is 3. The average molecular weight is 284 g/mol. The molecule has 0 atom stereocenters. The molecule has 2 rings (SSSR count). The van der Waals surface area contributed by atoms with E-state index < -0.39 is 0 Å². The minimum atomic E-state index is -0.143. The largest absolute Gasteiger partial charge is 0.292 e. The van der Waals surface area contributed by atoms with Gasteiger partial charge in [0.15, 0.2) is 5.78 Å². The monoisotopic (exact) mass is 283 g/mol. The SMILES string of the molecule is Cc1nc(C)n(CC(=O)c2cc(Cl)ccc2Cl)n1. The summed E-state index contributed by atoms with van der Waals surface area (Å²) in [5, 5.41) is 5.01. The van der Waals surface area contributed by atoms with E-state index in [1.54, 1.807) is 36.7 Å². The van der Waals surface area contributed by atoms with E-state index >= 15 is 0 Å². The van der Waals surface area contributed by atoms with Gasteiger partial charge in [0.25, 0.3) is 0 Å². The predicted molar refractivity (Wildman–Crippen MR) is 70.3 cm³/mol. The van der Waals surface area contributed by atoms with Gasteiger partial charge in [0, 0.05) is 10.6 Å². The van der Waals surface area contributed by atoms with E-state index in [0.29, 0.717) is 27.3 Å². The van der Waals surface area contributed by atoms with Crippen molar-refractivity contribution in [2.45, 2.75) is 20.4 Å². The summed E-state index contributed by atoms with van der Waals surface area (Å²) in [5.74, 6) is 1.19. The first-order valence-corrected chi connectivity index (χ1v) is 6.09. The summed E-state index contributed by atoms with van der Waals surface area (Å²) in [6.07, 6.45) is 0. The summed E-state index contributed by atoms with van der Waals surface area (Å²) in [6.45, 7) is 3.68. The highest BCUT2D eigenvalue weighted by Crippen LogP contribution is 2.21. The van der Waals surface area contributed by atoms with Crippen molar-refractivity contribution in [3.63, 3.8) is 0 Å². The smallest absolute Gasteiger partial charge is 0.185 e. The van der Waals surface area contributed by atoms with Crippen LogP contribution in [0.1, 0.15) is 22.0 Å². The van der Waals surface area contributed by atoms with Gasteiger partial charge in [-0.1, -0.05) is 23.2 Å². The summed E-state index contributed by atoms with van der Waals surface area (Å²) in [6, 6.07) is 4.81. The summed E-state index contributed by atoms with van der Waals surface area (Å²) in [4.78, 5) is 16.3. The topological polar surface area (TPSA) is 47.8 Å². The minimum Gasteiger partial charge on any atom is -0.292 e. The highest BCUT2D eigenvalue weighted by atomic mass is 35.5.